The Labute approximate surface area is 122 Å². The minimum Gasteiger partial charge on any atom is -0.361 e. The monoisotopic (exact) mass is 279 g/mol. The third-order valence-corrected chi connectivity index (χ3v) is 4.59. The maximum atomic E-state index is 5.31. The summed E-state index contributed by atoms with van der Waals surface area (Å²) in [6, 6.07) is 1.13. The minimum atomic E-state index is 0.287. The summed E-state index contributed by atoms with van der Waals surface area (Å²) in [5.41, 5.74) is 2.58. The number of piperazine rings is 1. The SMILES string of the molecule is CCC1CNC(C(C)(C)C)CN1Cc1c(C)noc1C. The fourth-order valence-corrected chi connectivity index (χ4v) is 2.96. The van der Waals surface area contributed by atoms with Gasteiger partial charge in [-0.3, -0.25) is 4.90 Å². The van der Waals surface area contributed by atoms with Gasteiger partial charge in [0.2, 0.25) is 0 Å². The van der Waals surface area contributed by atoms with Crippen LogP contribution in [-0.2, 0) is 6.54 Å². The average molecular weight is 279 g/mol. The van der Waals surface area contributed by atoms with Crippen molar-refractivity contribution in [1.82, 2.24) is 15.4 Å². The number of aryl methyl sites for hydroxylation is 2. The molecule has 2 rings (SSSR count). The van der Waals surface area contributed by atoms with Crippen LogP contribution < -0.4 is 5.32 Å². The lowest BCUT2D eigenvalue weighted by Crippen LogP contribution is -2.59. The van der Waals surface area contributed by atoms with Gasteiger partial charge in [0.1, 0.15) is 5.76 Å². The number of nitrogens with zero attached hydrogens (tertiary/aromatic N) is 2. The van der Waals surface area contributed by atoms with Gasteiger partial charge in [0, 0.05) is 37.3 Å². The highest BCUT2D eigenvalue weighted by molar-refractivity contribution is 5.21. The Morgan fingerprint density at radius 1 is 1.35 bits per heavy atom. The lowest BCUT2D eigenvalue weighted by molar-refractivity contribution is 0.0770. The van der Waals surface area contributed by atoms with Gasteiger partial charge in [-0.1, -0.05) is 32.9 Å². The molecule has 114 valence electrons. The van der Waals surface area contributed by atoms with Crippen LogP contribution in [0.5, 0.6) is 0 Å². The Morgan fingerprint density at radius 3 is 2.55 bits per heavy atom. The number of aromatic nitrogens is 1. The first kappa shape index (κ1) is 15.5. The molecular formula is C16H29N3O. The molecule has 1 aliphatic rings. The van der Waals surface area contributed by atoms with Crippen molar-refractivity contribution < 1.29 is 4.52 Å². The average Bonchev–Trinajstić information content (AvgIpc) is 2.69. The topological polar surface area (TPSA) is 41.3 Å². The Balaban J connectivity index is 2.14. The smallest absolute Gasteiger partial charge is 0.138 e. The maximum absolute atomic E-state index is 5.31. The van der Waals surface area contributed by atoms with Gasteiger partial charge in [-0.25, -0.2) is 0 Å². The molecule has 1 aliphatic heterocycles. The fourth-order valence-electron chi connectivity index (χ4n) is 2.96. The molecule has 1 fully saturated rings. The normalized spacial score (nSPS) is 25.1. The lowest BCUT2D eigenvalue weighted by atomic mass is 9.84. The van der Waals surface area contributed by atoms with Crippen molar-refractivity contribution in [2.24, 2.45) is 5.41 Å². The molecule has 1 N–H and O–H groups in total. The van der Waals surface area contributed by atoms with Crippen LogP contribution in [0, 0.1) is 19.3 Å². The molecule has 2 unspecified atom stereocenters. The van der Waals surface area contributed by atoms with E-state index in [1.807, 2.05) is 13.8 Å². The predicted octanol–water partition coefficient (Wildman–Crippen LogP) is 2.89. The number of hydrogen-bond acceptors (Lipinski definition) is 4. The van der Waals surface area contributed by atoms with Gasteiger partial charge in [-0.05, 0) is 25.7 Å². The second-order valence-electron chi connectivity index (χ2n) is 7.12. The van der Waals surface area contributed by atoms with Gasteiger partial charge in [-0.2, -0.15) is 0 Å². The second kappa shape index (κ2) is 5.86. The quantitative estimate of drug-likeness (QED) is 0.923. The van der Waals surface area contributed by atoms with Gasteiger partial charge in [0.25, 0.3) is 0 Å². The van der Waals surface area contributed by atoms with E-state index >= 15 is 0 Å². The first-order valence-corrected chi connectivity index (χ1v) is 7.72. The minimum absolute atomic E-state index is 0.287. The van der Waals surface area contributed by atoms with E-state index in [2.05, 4.69) is 43.1 Å². The summed E-state index contributed by atoms with van der Waals surface area (Å²) in [6.45, 7) is 16.4. The van der Waals surface area contributed by atoms with Gasteiger partial charge in [-0.15, -0.1) is 0 Å². The number of rotatable bonds is 3. The van der Waals surface area contributed by atoms with Gasteiger partial charge >= 0.3 is 0 Å². The van der Waals surface area contributed by atoms with Crippen LogP contribution in [0.15, 0.2) is 4.52 Å². The zero-order valence-electron chi connectivity index (χ0n) is 13.8. The summed E-state index contributed by atoms with van der Waals surface area (Å²) in [6.07, 6.45) is 1.17. The van der Waals surface area contributed by atoms with Crippen molar-refractivity contribution >= 4 is 0 Å². The summed E-state index contributed by atoms with van der Waals surface area (Å²) in [7, 11) is 0. The van der Waals surface area contributed by atoms with Gasteiger partial charge in [0.15, 0.2) is 0 Å². The molecule has 1 aromatic rings. The second-order valence-corrected chi connectivity index (χ2v) is 7.12. The summed E-state index contributed by atoms with van der Waals surface area (Å²) in [4.78, 5) is 2.60. The molecule has 0 aromatic carbocycles. The summed E-state index contributed by atoms with van der Waals surface area (Å²) >= 11 is 0. The highest BCUT2D eigenvalue weighted by atomic mass is 16.5. The van der Waals surface area contributed by atoms with Gasteiger partial charge < -0.3 is 9.84 Å². The van der Waals surface area contributed by atoms with Crippen molar-refractivity contribution in [3.8, 4) is 0 Å². The van der Waals surface area contributed by atoms with Crippen LogP contribution >= 0.6 is 0 Å². The first-order valence-electron chi connectivity index (χ1n) is 7.72. The van der Waals surface area contributed by atoms with Crippen LogP contribution in [0.25, 0.3) is 0 Å². The first-order chi connectivity index (χ1) is 9.32. The van der Waals surface area contributed by atoms with Crippen molar-refractivity contribution in [3.05, 3.63) is 17.0 Å². The van der Waals surface area contributed by atoms with Crippen molar-refractivity contribution in [2.45, 2.75) is 66.6 Å². The van der Waals surface area contributed by atoms with E-state index in [4.69, 9.17) is 4.52 Å². The van der Waals surface area contributed by atoms with E-state index in [-0.39, 0.29) is 5.41 Å². The molecule has 1 saturated heterocycles. The highest BCUT2D eigenvalue weighted by Gasteiger charge is 2.33. The molecule has 0 spiro atoms. The number of nitrogens with one attached hydrogen (secondary N) is 1. The molecule has 0 bridgehead atoms. The van der Waals surface area contributed by atoms with Crippen molar-refractivity contribution in [2.75, 3.05) is 13.1 Å². The molecule has 1 aromatic heterocycles. The zero-order chi connectivity index (χ0) is 14.9. The van der Waals surface area contributed by atoms with Crippen LogP contribution in [0.1, 0.15) is 51.1 Å². The Morgan fingerprint density at radius 2 is 2.05 bits per heavy atom. The Hall–Kier alpha value is -0.870. The van der Waals surface area contributed by atoms with Crippen molar-refractivity contribution in [3.63, 3.8) is 0 Å². The predicted molar refractivity (Wildman–Crippen MR) is 81.7 cm³/mol. The molecule has 0 radical (unpaired) electrons. The maximum Gasteiger partial charge on any atom is 0.138 e. The molecule has 4 nitrogen and oxygen atoms in total. The standard InChI is InChI=1S/C16H29N3O/c1-7-13-8-17-15(16(4,5)6)10-19(13)9-14-11(2)18-20-12(14)3/h13,15,17H,7-10H2,1-6H3. The molecule has 4 heteroatoms. The Kier molecular flexibility index (Phi) is 4.55. The molecule has 2 atom stereocenters. The zero-order valence-corrected chi connectivity index (χ0v) is 13.8. The lowest BCUT2D eigenvalue weighted by Gasteiger charge is -2.45. The van der Waals surface area contributed by atoms with E-state index in [9.17, 15) is 0 Å². The molecule has 20 heavy (non-hydrogen) atoms. The third-order valence-electron chi connectivity index (χ3n) is 4.59. The van der Waals surface area contributed by atoms with Gasteiger partial charge in [0.05, 0.1) is 5.69 Å². The van der Waals surface area contributed by atoms with Crippen molar-refractivity contribution in [1.29, 1.82) is 0 Å². The van der Waals surface area contributed by atoms with Crippen LogP contribution in [0.2, 0.25) is 0 Å². The van der Waals surface area contributed by atoms with E-state index in [0.717, 1.165) is 31.1 Å². The molecule has 0 aliphatic carbocycles. The highest BCUT2D eigenvalue weighted by Crippen LogP contribution is 2.26. The third kappa shape index (κ3) is 3.23. The number of hydrogen-bond donors (Lipinski definition) is 1. The summed E-state index contributed by atoms with van der Waals surface area (Å²) in [5.74, 6) is 0.961. The van der Waals surface area contributed by atoms with E-state index in [1.165, 1.54) is 12.0 Å². The summed E-state index contributed by atoms with van der Waals surface area (Å²) < 4.78 is 5.31. The van der Waals surface area contributed by atoms with E-state index in [1.54, 1.807) is 0 Å². The molecule has 2 heterocycles. The largest absolute Gasteiger partial charge is 0.361 e. The van der Waals surface area contributed by atoms with Crippen LogP contribution in [0.3, 0.4) is 0 Å². The molecular weight excluding hydrogens is 250 g/mol. The Bertz CT molecular complexity index is 428. The molecule has 0 amide bonds. The van der Waals surface area contributed by atoms with Crippen LogP contribution in [-0.4, -0.2) is 35.2 Å². The molecule has 0 saturated carbocycles. The van der Waals surface area contributed by atoms with E-state index in [0.29, 0.717) is 12.1 Å². The van der Waals surface area contributed by atoms with E-state index < -0.39 is 0 Å². The van der Waals surface area contributed by atoms with Crippen LogP contribution in [0.4, 0.5) is 0 Å². The summed E-state index contributed by atoms with van der Waals surface area (Å²) in [5, 5.41) is 7.80. The fraction of sp³-hybridized carbons (Fsp3) is 0.812.